The molecule has 0 aromatic rings. The maximum Gasteiger partial charge on any atom is 0.282 e. The molecule has 5 heteroatoms. The molecule has 0 saturated heterocycles. The molecule has 2 N–H and O–H groups in total. The van der Waals surface area contributed by atoms with E-state index in [1.54, 1.807) is 16.8 Å². The molecule has 0 amide bonds. The van der Waals surface area contributed by atoms with Crippen molar-refractivity contribution >= 4 is 7.59 Å². The third-order valence-electron chi connectivity index (χ3n) is 2.47. The van der Waals surface area contributed by atoms with Crippen molar-refractivity contribution in [3.63, 3.8) is 0 Å². The molecule has 0 aliphatic rings. The molecule has 17 heavy (non-hydrogen) atoms. The maximum atomic E-state index is 12.8. The van der Waals surface area contributed by atoms with E-state index in [0.717, 1.165) is 0 Å². The topological polar surface area (TPSA) is 49.6 Å². The van der Waals surface area contributed by atoms with E-state index in [1.807, 2.05) is 32.4 Å². The van der Waals surface area contributed by atoms with E-state index in [4.69, 9.17) is 5.50 Å². The Morgan fingerprint density at radius 2 is 1.47 bits per heavy atom. The van der Waals surface area contributed by atoms with Crippen molar-refractivity contribution in [1.82, 2.24) is 9.34 Å². The highest BCUT2D eigenvalue weighted by atomic mass is 31.2. The SMILES string of the molecule is C=CCN(CC=C)P(N)(=O)N(C(C)C)C(C)C. The summed E-state index contributed by atoms with van der Waals surface area (Å²) in [6, 6.07) is 0.255. The van der Waals surface area contributed by atoms with Crippen molar-refractivity contribution in [3.05, 3.63) is 25.3 Å². The Balaban J connectivity index is 5.20. The molecule has 0 aliphatic carbocycles. The predicted molar refractivity (Wildman–Crippen MR) is 75.9 cm³/mol. The first-order chi connectivity index (χ1) is 7.78. The van der Waals surface area contributed by atoms with Crippen molar-refractivity contribution < 1.29 is 4.57 Å². The highest BCUT2D eigenvalue weighted by Crippen LogP contribution is 2.47. The molecule has 1 atom stereocenters. The van der Waals surface area contributed by atoms with Gasteiger partial charge in [0, 0.05) is 25.2 Å². The lowest BCUT2D eigenvalue weighted by atomic mass is 10.3. The van der Waals surface area contributed by atoms with E-state index in [-0.39, 0.29) is 12.1 Å². The van der Waals surface area contributed by atoms with Gasteiger partial charge in [-0.25, -0.2) is 9.34 Å². The average molecular weight is 259 g/mol. The molecular formula is C12H26N3OP. The van der Waals surface area contributed by atoms with Gasteiger partial charge in [-0.05, 0) is 27.7 Å². The van der Waals surface area contributed by atoms with E-state index in [0.29, 0.717) is 13.1 Å². The molecule has 0 spiro atoms. The second kappa shape index (κ2) is 7.12. The van der Waals surface area contributed by atoms with Gasteiger partial charge in [0.15, 0.2) is 0 Å². The minimum absolute atomic E-state index is 0.128. The molecule has 0 aliphatic heterocycles. The van der Waals surface area contributed by atoms with E-state index in [2.05, 4.69) is 13.2 Å². The molecule has 0 fully saturated rings. The summed E-state index contributed by atoms with van der Waals surface area (Å²) in [5, 5.41) is 0. The fourth-order valence-electron chi connectivity index (χ4n) is 2.01. The second-order valence-corrected chi connectivity index (χ2v) is 6.81. The number of nitrogens with zero attached hydrogens (tertiary/aromatic N) is 2. The number of hydrogen-bond acceptors (Lipinski definition) is 1. The first kappa shape index (κ1) is 16.6. The molecule has 0 radical (unpaired) electrons. The molecule has 4 nitrogen and oxygen atoms in total. The minimum Gasteiger partial charge on any atom is -0.271 e. The van der Waals surface area contributed by atoms with Crippen LogP contribution in [0.4, 0.5) is 0 Å². The van der Waals surface area contributed by atoms with Gasteiger partial charge in [0.05, 0.1) is 0 Å². The van der Waals surface area contributed by atoms with E-state index in [1.165, 1.54) is 0 Å². The third-order valence-corrected chi connectivity index (χ3v) is 5.20. The Kier molecular flexibility index (Phi) is 6.95. The van der Waals surface area contributed by atoms with Crippen LogP contribution in [0, 0.1) is 0 Å². The fourth-order valence-corrected chi connectivity index (χ4v) is 4.33. The average Bonchev–Trinajstić information content (AvgIpc) is 2.15. The summed E-state index contributed by atoms with van der Waals surface area (Å²) < 4.78 is 16.4. The summed E-state index contributed by atoms with van der Waals surface area (Å²) in [7, 11) is -3.03. The van der Waals surface area contributed by atoms with Crippen LogP contribution in [0.25, 0.3) is 0 Å². The number of hydrogen-bond donors (Lipinski definition) is 1. The normalized spacial score (nSPS) is 15.6. The monoisotopic (exact) mass is 259 g/mol. The van der Waals surface area contributed by atoms with Crippen LogP contribution in [-0.4, -0.2) is 34.5 Å². The first-order valence-corrected chi connectivity index (χ1v) is 7.61. The van der Waals surface area contributed by atoms with Crippen LogP contribution in [0.1, 0.15) is 27.7 Å². The summed E-state index contributed by atoms with van der Waals surface area (Å²) in [5.74, 6) is 0. The molecule has 0 aromatic heterocycles. The molecular weight excluding hydrogens is 233 g/mol. The number of nitrogens with two attached hydrogens (primary N) is 1. The molecule has 1 unspecified atom stereocenters. The summed E-state index contributed by atoms with van der Waals surface area (Å²) in [6.07, 6.45) is 3.42. The van der Waals surface area contributed by atoms with Crippen molar-refractivity contribution in [2.75, 3.05) is 13.1 Å². The van der Waals surface area contributed by atoms with Crippen molar-refractivity contribution in [3.8, 4) is 0 Å². The zero-order chi connectivity index (χ0) is 13.6. The van der Waals surface area contributed by atoms with Crippen molar-refractivity contribution in [1.29, 1.82) is 0 Å². The van der Waals surface area contributed by atoms with Gasteiger partial charge < -0.3 is 0 Å². The smallest absolute Gasteiger partial charge is 0.271 e. The fraction of sp³-hybridized carbons (Fsp3) is 0.667. The summed E-state index contributed by atoms with van der Waals surface area (Å²) >= 11 is 0. The van der Waals surface area contributed by atoms with Gasteiger partial charge in [-0.3, -0.25) is 10.1 Å². The Morgan fingerprint density at radius 3 is 1.71 bits per heavy atom. The summed E-state index contributed by atoms with van der Waals surface area (Å²) in [5.41, 5.74) is 6.09. The van der Waals surface area contributed by atoms with Crippen LogP contribution in [0.5, 0.6) is 0 Å². The molecule has 100 valence electrons. The summed E-state index contributed by atoms with van der Waals surface area (Å²) in [6.45, 7) is 16.3. The van der Waals surface area contributed by atoms with Crippen LogP contribution in [0.2, 0.25) is 0 Å². The Bertz CT molecular complexity index is 284. The molecule has 0 aromatic carbocycles. The molecule has 0 heterocycles. The predicted octanol–water partition coefficient (Wildman–Crippen LogP) is 2.85. The Labute approximate surface area is 106 Å². The van der Waals surface area contributed by atoms with Gasteiger partial charge in [0.25, 0.3) is 7.59 Å². The largest absolute Gasteiger partial charge is 0.282 e. The van der Waals surface area contributed by atoms with Gasteiger partial charge in [0.2, 0.25) is 0 Å². The standard InChI is InChI=1S/C12H26N3OP/c1-7-9-14(10-8-2)17(13,16)15(11(3)4)12(5)6/h7-8,11-12H,1-2,9-10H2,3-6H3,(H2,13,16). The van der Waals surface area contributed by atoms with Crippen LogP contribution in [0.15, 0.2) is 25.3 Å². The lowest BCUT2D eigenvalue weighted by molar-refractivity contribution is 0.270. The maximum absolute atomic E-state index is 12.8. The molecule has 0 rings (SSSR count). The van der Waals surface area contributed by atoms with Gasteiger partial charge in [-0.1, -0.05) is 12.2 Å². The van der Waals surface area contributed by atoms with Crippen LogP contribution in [0.3, 0.4) is 0 Å². The Morgan fingerprint density at radius 1 is 1.12 bits per heavy atom. The van der Waals surface area contributed by atoms with Gasteiger partial charge >= 0.3 is 0 Å². The third kappa shape index (κ3) is 4.40. The lowest BCUT2D eigenvalue weighted by Crippen LogP contribution is -2.43. The second-order valence-electron chi connectivity index (χ2n) is 4.61. The molecule has 0 bridgehead atoms. The highest BCUT2D eigenvalue weighted by molar-refractivity contribution is 7.56. The van der Waals surface area contributed by atoms with Crippen molar-refractivity contribution in [2.45, 2.75) is 39.8 Å². The first-order valence-electron chi connectivity index (χ1n) is 5.93. The zero-order valence-electron chi connectivity index (χ0n) is 11.5. The summed E-state index contributed by atoms with van der Waals surface area (Å²) in [4.78, 5) is 0. The number of rotatable bonds is 8. The van der Waals surface area contributed by atoms with E-state index < -0.39 is 7.59 Å². The van der Waals surface area contributed by atoms with E-state index in [9.17, 15) is 4.57 Å². The minimum atomic E-state index is -3.03. The lowest BCUT2D eigenvalue weighted by Gasteiger charge is -2.40. The van der Waals surface area contributed by atoms with Crippen molar-refractivity contribution in [2.24, 2.45) is 5.50 Å². The van der Waals surface area contributed by atoms with Gasteiger partial charge in [0.1, 0.15) is 0 Å². The van der Waals surface area contributed by atoms with Crippen LogP contribution >= 0.6 is 7.59 Å². The van der Waals surface area contributed by atoms with Crippen LogP contribution < -0.4 is 5.50 Å². The van der Waals surface area contributed by atoms with Crippen LogP contribution in [-0.2, 0) is 4.57 Å². The quantitative estimate of drug-likeness (QED) is 0.538. The highest BCUT2D eigenvalue weighted by Gasteiger charge is 2.35. The van der Waals surface area contributed by atoms with Gasteiger partial charge in [-0.15, -0.1) is 13.2 Å². The zero-order valence-corrected chi connectivity index (χ0v) is 12.4. The molecule has 0 saturated carbocycles. The Hall–Kier alpha value is -0.410. The van der Waals surface area contributed by atoms with E-state index >= 15 is 0 Å². The van der Waals surface area contributed by atoms with Gasteiger partial charge in [-0.2, -0.15) is 0 Å².